The number of hydrogen-bond acceptors (Lipinski definition) is 4. The molecule has 0 saturated carbocycles. The van der Waals surface area contributed by atoms with Gasteiger partial charge < -0.3 is 9.47 Å². The molecule has 4 nitrogen and oxygen atoms in total. The summed E-state index contributed by atoms with van der Waals surface area (Å²) >= 11 is 0. The SMILES string of the molecule is O=C(Cc1ccccc1)Oc1ccccc1C(=O)OCCc1ccccc1. The standard InChI is InChI=1S/C23H20O4/c24-22(17-19-11-5-2-6-12-19)27-21-14-8-7-13-20(21)23(25)26-16-15-18-9-3-1-4-10-18/h1-14H,15-17H2. The third kappa shape index (κ3) is 5.54. The van der Waals surface area contributed by atoms with E-state index in [0.717, 1.165) is 11.1 Å². The smallest absolute Gasteiger partial charge is 0.341 e. The van der Waals surface area contributed by atoms with Gasteiger partial charge in [0.2, 0.25) is 0 Å². The molecule has 3 aromatic rings. The van der Waals surface area contributed by atoms with Gasteiger partial charge in [-0.2, -0.15) is 0 Å². The largest absolute Gasteiger partial charge is 0.462 e. The summed E-state index contributed by atoms with van der Waals surface area (Å²) in [6.07, 6.45) is 0.765. The van der Waals surface area contributed by atoms with E-state index in [2.05, 4.69) is 0 Å². The van der Waals surface area contributed by atoms with Gasteiger partial charge in [-0.3, -0.25) is 4.79 Å². The lowest BCUT2D eigenvalue weighted by Gasteiger charge is -2.10. The Labute approximate surface area is 158 Å². The van der Waals surface area contributed by atoms with Crippen LogP contribution in [0.1, 0.15) is 21.5 Å². The summed E-state index contributed by atoms with van der Waals surface area (Å²) < 4.78 is 10.7. The number of benzene rings is 3. The van der Waals surface area contributed by atoms with Gasteiger partial charge >= 0.3 is 11.9 Å². The molecular formula is C23H20O4. The van der Waals surface area contributed by atoms with Gasteiger partial charge in [0.05, 0.1) is 13.0 Å². The highest BCUT2D eigenvalue weighted by Crippen LogP contribution is 2.20. The fourth-order valence-electron chi connectivity index (χ4n) is 2.63. The second kappa shape index (κ2) is 9.34. The molecule has 0 N–H and O–H groups in total. The minimum absolute atomic E-state index is 0.137. The summed E-state index contributed by atoms with van der Waals surface area (Å²) in [4.78, 5) is 24.6. The minimum atomic E-state index is -0.506. The molecule has 0 saturated heterocycles. The van der Waals surface area contributed by atoms with Gasteiger partial charge in [-0.15, -0.1) is 0 Å². The highest BCUT2D eigenvalue weighted by atomic mass is 16.5. The third-order valence-electron chi connectivity index (χ3n) is 3.99. The Hall–Kier alpha value is -3.40. The van der Waals surface area contributed by atoms with Gasteiger partial charge in [0.1, 0.15) is 11.3 Å². The van der Waals surface area contributed by atoms with Gasteiger partial charge in [0.25, 0.3) is 0 Å². The van der Waals surface area contributed by atoms with E-state index in [-0.39, 0.29) is 24.3 Å². The molecule has 4 heteroatoms. The zero-order chi connectivity index (χ0) is 18.9. The monoisotopic (exact) mass is 360 g/mol. The number of carbonyl (C=O) groups is 2. The summed E-state index contributed by atoms with van der Waals surface area (Å²) in [7, 11) is 0. The van der Waals surface area contributed by atoms with Crippen LogP contribution in [0.4, 0.5) is 0 Å². The Bertz CT molecular complexity index is 889. The first kappa shape index (κ1) is 18.4. The molecule has 3 rings (SSSR count). The normalized spacial score (nSPS) is 10.2. The number of carbonyl (C=O) groups excluding carboxylic acids is 2. The average molecular weight is 360 g/mol. The topological polar surface area (TPSA) is 52.6 Å². The molecule has 0 spiro atoms. The highest BCUT2D eigenvalue weighted by molar-refractivity contribution is 5.93. The molecule has 0 fully saturated rings. The van der Waals surface area contributed by atoms with Crippen molar-refractivity contribution in [2.75, 3.05) is 6.61 Å². The Morgan fingerprint density at radius 1 is 0.704 bits per heavy atom. The maximum absolute atomic E-state index is 12.4. The van der Waals surface area contributed by atoms with E-state index in [1.807, 2.05) is 60.7 Å². The van der Waals surface area contributed by atoms with E-state index >= 15 is 0 Å². The molecule has 0 aliphatic carbocycles. The van der Waals surface area contributed by atoms with Gasteiger partial charge in [0, 0.05) is 6.42 Å². The first-order chi connectivity index (χ1) is 13.2. The van der Waals surface area contributed by atoms with Crippen molar-refractivity contribution in [2.24, 2.45) is 0 Å². The van der Waals surface area contributed by atoms with E-state index < -0.39 is 11.9 Å². The fraction of sp³-hybridized carbons (Fsp3) is 0.130. The number of para-hydroxylation sites is 1. The lowest BCUT2D eigenvalue weighted by Crippen LogP contribution is -2.15. The van der Waals surface area contributed by atoms with Gasteiger partial charge in [-0.05, 0) is 23.3 Å². The Morgan fingerprint density at radius 3 is 2.00 bits per heavy atom. The summed E-state index contributed by atoms with van der Waals surface area (Å²) in [6, 6.07) is 25.7. The fourth-order valence-corrected chi connectivity index (χ4v) is 2.63. The first-order valence-electron chi connectivity index (χ1n) is 8.77. The predicted octanol–water partition coefficient (Wildman–Crippen LogP) is 4.23. The molecular weight excluding hydrogens is 340 g/mol. The molecule has 0 aliphatic rings. The van der Waals surface area contributed by atoms with E-state index in [9.17, 15) is 9.59 Å². The van der Waals surface area contributed by atoms with Crippen LogP contribution in [0.25, 0.3) is 0 Å². The zero-order valence-electron chi connectivity index (χ0n) is 14.8. The summed E-state index contributed by atoms with van der Waals surface area (Å²) in [5.41, 5.74) is 2.19. The maximum atomic E-state index is 12.4. The number of ether oxygens (including phenoxy) is 2. The zero-order valence-corrected chi connectivity index (χ0v) is 14.8. The van der Waals surface area contributed by atoms with E-state index in [0.29, 0.717) is 6.42 Å². The van der Waals surface area contributed by atoms with Crippen molar-refractivity contribution in [1.29, 1.82) is 0 Å². The molecule has 0 aromatic heterocycles. The second-order valence-electron chi connectivity index (χ2n) is 6.00. The number of esters is 2. The van der Waals surface area contributed by atoms with Crippen LogP contribution in [0.3, 0.4) is 0 Å². The minimum Gasteiger partial charge on any atom is -0.462 e. The molecule has 0 atom stereocenters. The summed E-state index contributed by atoms with van der Waals surface area (Å²) in [6.45, 7) is 0.259. The average Bonchev–Trinajstić information content (AvgIpc) is 2.70. The van der Waals surface area contributed by atoms with Crippen molar-refractivity contribution in [2.45, 2.75) is 12.8 Å². The van der Waals surface area contributed by atoms with Crippen molar-refractivity contribution in [1.82, 2.24) is 0 Å². The van der Waals surface area contributed by atoms with Crippen LogP contribution in [0.2, 0.25) is 0 Å². The van der Waals surface area contributed by atoms with Crippen molar-refractivity contribution in [3.05, 3.63) is 102 Å². The van der Waals surface area contributed by atoms with Gasteiger partial charge in [-0.1, -0.05) is 72.8 Å². The first-order valence-corrected chi connectivity index (χ1v) is 8.77. The second-order valence-corrected chi connectivity index (χ2v) is 6.00. The van der Waals surface area contributed by atoms with Crippen molar-refractivity contribution in [3.63, 3.8) is 0 Å². The Balaban J connectivity index is 1.59. The molecule has 136 valence electrons. The molecule has 0 radical (unpaired) electrons. The number of hydrogen-bond donors (Lipinski definition) is 0. The van der Waals surface area contributed by atoms with Crippen LogP contribution < -0.4 is 4.74 Å². The van der Waals surface area contributed by atoms with Crippen molar-refractivity contribution in [3.8, 4) is 5.75 Å². The van der Waals surface area contributed by atoms with Crippen LogP contribution in [0.15, 0.2) is 84.9 Å². The quantitative estimate of drug-likeness (QED) is 0.467. The van der Waals surface area contributed by atoms with Crippen LogP contribution >= 0.6 is 0 Å². The lowest BCUT2D eigenvalue weighted by atomic mass is 10.1. The molecule has 0 bridgehead atoms. The van der Waals surface area contributed by atoms with E-state index in [1.54, 1.807) is 24.3 Å². The predicted molar refractivity (Wildman–Crippen MR) is 103 cm³/mol. The van der Waals surface area contributed by atoms with Crippen LogP contribution in [-0.4, -0.2) is 18.5 Å². The molecule has 0 aliphatic heterocycles. The molecule has 3 aromatic carbocycles. The Morgan fingerprint density at radius 2 is 1.30 bits per heavy atom. The van der Waals surface area contributed by atoms with Crippen molar-refractivity contribution >= 4 is 11.9 Å². The lowest BCUT2D eigenvalue weighted by molar-refractivity contribution is -0.133. The van der Waals surface area contributed by atoms with E-state index in [1.165, 1.54) is 0 Å². The summed E-state index contributed by atoms with van der Waals surface area (Å²) in [5, 5.41) is 0. The number of rotatable bonds is 7. The van der Waals surface area contributed by atoms with Crippen LogP contribution in [-0.2, 0) is 22.4 Å². The maximum Gasteiger partial charge on any atom is 0.341 e. The van der Waals surface area contributed by atoms with Crippen molar-refractivity contribution < 1.29 is 19.1 Å². The van der Waals surface area contributed by atoms with Crippen LogP contribution in [0.5, 0.6) is 5.75 Å². The summed E-state index contributed by atoms with van der Waals surface area (Å²) in [5.74, 6) is -0.720. The third-order valence-corrected chi connectivity index (χ3v) is 3.99. The molecule has 0 heterocycles. The van der Waals surface area contributed by atoms with Crippen LogP contribution in [0, 0.1) is 0 Å². The Kier molecular flexibility index (Phi) is 6.36. The van der Waals surface area contributed by atoms with E-state index in [4.69, 9.17) is 9.47 Å². The highest BCUT2D eigenvalue weighted by Gasteiger charge is 2.16. The molecule has 0 amide bonds. The van der Waals surface area contributed by atoms with Gasteiger partial charge in [-0.25, -0.2) is 4.79 Å². The van der Waals surface area contributed by atoms with Gasteiger partial charge in [0.15, 0.2) is 0 Å². The molecule has 27 heavy (non-hydrogen) atoms. The molecule has 0 unspecified atom stereocenters.